The summed E-state index contributed by atoms with van der Waals surface area (Å²) >= 11 is 0. The average molecular weight is 175 g/mol. The van der Waals surface area contributed by atoms with E-state index in [1.165, 1.54) is 14.1 Å². The van der Waals surface area contributed by atoms with Crippen molar-refractivity contribution in [2.45, 2.75) is 6.92 Å². The summed E-state index contributed by atoms with van der Waals surface area (Å²) in [5.74, 6) is 0. The normalized spacial score (nSPS) is 16.1. The molecule has 0 saturated heterocycles. The molecule has 0 aromatic heterocycles. The van der Waals surface area contributed by atoms with Gasteiger partial charge in [-0.3, -0.25) is 4.57 Å². The van der Waals surface area contributed by atoms with E-state index in [0.29, 0.717) is 0 Å². The van der Waals surface area contributed by atoms with Gasteiger partial charge in [-0.15, -0.1) is 0 Å². The van der Waals surface area contributed by atoms with Crippen LogP contribution in [0.25, 0.3) is 0 Å². The van der Waals surface area contributed by atoms with Crippen molar-refractivity contribution in [2.24, 2.45) is 0 Å². The number of hydrogen-bond donors (Lipinski definition) is 0. The van der Waals surface area contributed by atoms with E-state index in [9.17, 15) is 9.46 Å². The standard InChI is InChI=1S/C4H12NO3P.Na/c1-4-8-9(6,7)5(2)3;/h4H2,1-3H3,(H,6,7);/q;+1/p-1. The van der Waals surface area contributed by atoms with Crippen LogP contribution in [0.4, 0.5) is 0 Å². The Labute approximate surface area is 83.4 Å². The van der Waals surface area contributed by atoms with Crippen LogP contribution in [0.15, 0.2) is 0 Å². The second-order valence-corrected chi connectivity index (χ2v) is 3.73. The van der Waals surface area contributed by atoms with Crippen molar-refractivity contribution in [3.05, 3.63) is 0 Å². The molecule has 10 heavy (non-hydrogen) atoms. The van der Waals surface area contributed by atoms with E-state index in [4.69, 9.17) is 0 Å². The first-order valence-corrected chi connectivity index (χ1v) is 4.13. The third-order valence-electron chi connectivity index (χ3n) is 0.782. The number of nitrogens with zero attached hydrogens (tertiary/aromatic N) is 1. The molecule has 56 valence electrons. The Morgan fingerprint density at radius 3 is 2.10 bits per heavy atom. The molecule has 0 aliphatic heterocycles. The van der Waals surface area contributed by atoms with Crippen molar-refractivity contribution in [1.82, 2.24) is 4.67 Å². The zero-order valence-corrected chi connectivity index (χ0v) is 9.72. The van der Waals surface area contributed by atoms with Gasteiger partial charge in [-0.05, 0) is 21.0 Å². The van der Waals surface area contributed by atoms with Crippen LogP contribution in [0.3, 0.4) is 0 Å². The van der Waals surface area contributed by atoms with Crippen molar-refractivity contribution in [3.63, 3.8) is 0 Å². The molecular weight excluding hydrogens is 164 g/mol. The Bertz CT molecular complexity index is 130. The molecule has 0 amide bonds. The van der Waals surface area contributed by atoms with Crippen LogP contribution in [0.5, 0.6) is 0 Å². The van der Waals surface area contributed by atoms with Crippen molar-refractivity contribution >= 4 is 7.75 Å². The zero-order chi connectivity index (χ0) is 7.49. The molecule has 0 radical (unpaired) electrons. The average Bonchev–Trinajstić information content (AvgIpc) is 1.65. The van der Waals surface area contributed by atoms with Crippen LogP contribution >= 0.6 is 7.75 Å². The number of hydrogen-bond acceptors (Lipinski definition) is 3. The molecule has 0 N–H and O–H groups in total. The fraction of sp³-hybridized carbons (Fsp3) is 1.00. The molecule has 0 aromatic rings. The van der Waals surface area contributed by atoms with E-state index in [2.05, 4.69) is 4.52 Å². The summed E-state index contributed by atoms with van der Waals surface area (Å²) in [4.78, 5) is 10.7. The van der Waals surface area contributed by atoms with E-state index in [-0.39, 0.29) is 36.2 Å². The Hall–Kier alpha value is 1.11. The molecule has 0 fully saturated rings. The largest absolute Gasteiger partial charge is 1.00 e. The first kappa shape index (κ1) is 13.7. The van der Waals surface area contributed by atoms with Gasteiger partial charge in [0.25, 0.3) is 0 Å². The molecule has 0 rings (SSSR count). The topological polar surface area (TPSA) is 52.6 Å². The Morgan fingerprint density at radius 2 is 2.00 bits per heavy atom. The third-order valence-corrected chi connectivity index (χ3v) is 2.35. The van der Waals surface area contributed by atoms with E-state index in [0.717, 1.165) is 4.67 Å². The predicted octanol–water partition coefficient (Wildman–Crippen LogP) is -2.94. The molecule has 4 nitrogen and oxygen atoms in total. The predicted molar refractivity (Wildman–Crippen MR) is 32.9 cm³/mol. The van der Waals surface area contributed by atoms with E-state index >= 15 is 0 Å². The molecule has 0 saturated carbocycles. The smallest absolute Gasteiger partial charge is 0.766 e. The summed E-state index contributed by atoms with van der Waals surface area (Å²) in [6, 6.07) is 0. The minimum absolute atomic E-state index is 0. The summed E-state index contributed by atoms with van der Waals surface area (Å²) in [5.41, 5.74) is 0. The summed E-state index contributed by atoms with van der Waals surface area (Å²) in [6.07, 6.45) is 0. The Balaban J connectivity index is 0. The maximum atomic E-state index is 10.7. The van der Waals surface area contributed by atoms with Gasteiger partial charge >= 0.3 is 29.6 Å². The Morgan fingerprint density at radius 1 is 1.60 bits per heavy atom. The summed E-state index contributed by atoms with van der Waals surface area (Å²) in [5, 5.41) is 0. The van der Waals surface area contributed by atoms with Crippen LogP contribution in [0, 0.1) is 0 Å². The van der Waals surface area contributed by atoms with Gasteiger partial charge in [-0.1, -0.05) is 0 Å². The molecular formula is C4H11NNaO3P. The molecule has 0 aromatic carbocycles. The SMILES string of the molecule is CCOP(=O)([O-])N(C)C.[Na+]. The summed E-state index contributed by atoms with van der Waals surface area (Å²) in [6.45, 7) is 1.83. The van der Waals surface area contributed by atoms with Gasteiger partial charge in [0.15, 0.2) is 0 Å². The van der Waals surface area contributed by atoms with Gasteiger partial charge in [0.2, 0.25) is 7.75 Å². The maximum absolute atomic E-state index is 10.7. The summed E-state index contributed by atoms with van der Waals surface area (Å²) < 4.78 is 16.1. The van der Waals surface area contributed by atoms with Crippen LogP contribution in [-0.4, -0.2) is 25.4 Å². The molecule has 0 bridgehead atoms. The van der Waals surface area contributed by atoms with E-state index in [1.54, 1.807) is 6.92 Å². The molecule has 6 heteroatoms. The molecule has 0 aliphatic carbocycles. The first-order chi connectivity index (χ1) is 4.00. The fourth-order valence-electron chi connectivity index (χ4n) is 0.279. The van der Waals surface area contributed by atoms with Crippen LogP contribution in [0.2, 0.25) is 0 Å². The molecule has 0 spiro atoms. The minimum Gasteiger partial charge on any atom is -0.766 e. The fourth-order valence-corrected chi connectivity index (χ4v) is 0.836. The van der Waals surface area contributed by atoms with Crippen molar-refractivity contribution in [2.75, 3.05) is 20.7 Å². The van der Waals surface area contributed by atoms with Crippen LogP contribution < -0.4 is 34.5 Å². The zero-order valence-electron chi connectivity index (χ0n) is 6.83. The second-order valence-electron chi connectivity index (χ2n) is 1.73. The van der Waals surface area contributed by atoms with Crippen molar-refractivity contribution < 1.29 is 43.5 Å². The van der Waals surface area contributed by atoms with Crippen molar-refractivity contribution in [3.8, 4) is 0 Å². The quantitative estimate of drug-likeness (QED) is 0.340. The second kappa shape index (κ2) is 5.72. The first-order valence-electron chi connectivity index (χ1n) is 2.64. The van der Waals surface area contributed by atoms with Gasteiger partial charge in [0.1, 0.15) is 0 Å². The van der Waals surface area contributed by atoms with Crippen LogP contribution in [0.1, 0.15) is 6.92 Å². The van der Waals surface area contributed by atoms with Gasteiger partial charge < -0.3 is 9.42 Å². The molecule has 0 aliphatic rings. The monoisotopic (exact) mass is 175 g/mol. The van der Waals surface area contributed by atoms with Gasteiger partial charge in [0.05, 0.1) is 6.61 Å². The molecule has 0 heterocycles. The molecule has 1 atom stereocenters. The van der Waals surface area contributed by atoms with Gasteiger partial charge in [-0.2, -0.15) is 0 Å². The third kappa shape index (κ3) is 4.85. The Kier molecular flexibility index (Phi) is 7.83. The van der Waals surface area contributed by atoms with Crippen molar-refractivity contribution in [1.29, 1.82) is 0 Å². The van der Waals surface area contributed by atoms with Gasteiger partial charge in [-0.25, -0.2) is 4.67 Å². The summed E-state index contributed by atoms with van der Waals surface area (Å²) in [7, 11) is -0.813. The van der Waals surface area contributed by atoms with Crippen LogP contribution in [-0.2, 0) is 9.09 Å². The maximum Gasteiger partial charge on any atom is 1.00 e. The number of rotatable bonds is 3. The van der Waals surface area contributed by atoms with E-state index in [1.807, 2.05) is 0 Å². The van der Waals surface area contributed by atoms with Gasteiger partial charge in [0, 0.05) is 0 Å². The van der Waals surface area contributed by atoms with E-state index < -0.39 is 7.75 Å². The minimum atomic E-state index is -3.68. The molecule has 1 unspecified atom stereocenters.